The van der Waals surface area contributed by atoms with Crippen molar-refractivity contribution in [2.24, 2.45) is 5.92 Å². The average molecular weight is 210 g/mol. The Balaban J connectivity index is 2.32. The Kier molecular flexibility index (Phi) is 4.19. The van der Waals surface area contributed by atoms with Gasteiger partial charge >= 0.3 is 6.18 Å². The number of hydrogen-bond donors (Lipinski definition) is 1. The standard InChI is InChI=1S/C9H17F3N2/c1-13-5-8-3-2-4-14(6-8)7-9(10,11)12/h8,13H,2-7H2,1H3. The summed E-state index contributed by atoms with van der Waals surface area (Å²) in [6.45, 7) is 1.21. The van der Waals surface area contributed by atoms with Gasteiger partial charge in [0.2, 0.25) is 0 Å². The number of likely N-dealkylation sites (tertiary alicyclic amines) is 1. The lowest BCUT2D eigenvalue weighted by atomic mass is 9.98. The summed E-state index contributed by atoms with van der Waals surface area (Å²) in [7, 11) is 1.84. The molecule has 1 fully saturated rings. The van der Waals surface area contributed by atoms with Crippen LogP contribution in [0.2, 0.25) is 0 Å². The molecule has 0 saturated carbocycles. The van der Waals surface area contributed by atoms with E-state index in [2.05, 4.69) is 5.32 Å². The van der Waals surface area contributed by atoms with Crippen LogP contribution in [-0.4, -0.2) is 44.3 Å². The summed E-state index contributed by atoms with van der Waals surface area (Å²) in [5, 5.41) is 3.01. The van der Waals surface area contributed by atoms with E-state index in [1.807, 2.05) is 7.05 Å². The summed E-state index contributed by atoms with van der Waals surface area (Å²) in [4.78, 5) is 1.51. The molecular weight excluding hydrogens is 193 g/mol. The lowest BCUT2D eigenvalue weighted by Crippen LogP contribution is -2.43. The Hall–Kier alpha value is -0.290. The van der Waals surface area contributed by atoms with E-state index in [1.54, 1.807) is 0 Å². The molecule has 0 aliphatic carbocycles. The van der Waals surface area contributed by atoms with E-state index in [1.165, 1.54) is 4.90 Å². The van der Waals surface area contributed by atoms with Crippen LogP contribution >= 0.6 is 0 Å². The molecule has 0 bridgehead atoms. The molecule has 0 aromatic carbocycles. The Morgan fingerprint density at radius 1 is 1.43 bits per heavy atom. The van der Waals surface area contributed by atoms with Crippen molar-refractivity contribution < 1.29 is 13.2 Å². The highest BCUT2D eigenvalue weighted by Gasteiger charge is 2.32. The monoisotopic (exact) mass is 210 g/mol. The van der Waals surface area contributed by atoms with Gasteiger partial charge in [-0.1, -0.05) is 0 Å². The smallest absolute Gasteiger partial charge is 0.319 e. The van der Waals surface area contributed by atoms with Gasteiger partial charge in [-0.2, -0.15) is 13.2 Å². The lowest BCUT2D eigenvalue weighted by molar-refractivity contribution is -0.149. The predicted molar refractivity (Wildman–Crippen MR) is 49.1 cm³/mol. The molecule has 1 N–H and O–H groups in total. The number of rotatable bonds is 3. The van der Waals surface area contributed by atoms with Gasteiger partial charge in [0, 0.05) is 6.54 Å². The van der Waals surface area contributed by atoms with Gasteiger partial charge in [0.15, 0.2) is 0 Å². The van der Waals surface area contributed by atoms with E-state index in [4.69, 9.17) is 0 Å². The number of alkyl halides is 3. The number of nitrogens with one attached hydrogen (secondary N) is 1. The van der Waals surface area contributed by atoms with E-state index in [0.717, 1.165) is 19.4 Å². The van der Waals surface area contributed by atoms with Crippen LogP contribution in [0, 0.1) is 5.92 Å². The molecule has 84 valence electrons. The number of hydrogen-bond acceptors (Lipinski definition) is 2. The second-order valence-electron chi connectivity index (χ2n) is 3.92. The molecule has 0 aromatic rings. The number of halogens is 3. The van der Waals surface area contributed by atoms with Gasteiger partial charge in [-0.05, 0) is 38.9 Å². The maximum absolute atomic E-state index is 12.1. The van der Waals surface area contributed by atoms with E-state index < -0.39 is 12.7 Å². The summed E-state index contributed by atoms with van der Waals surface area (Å²) >= 11 is 0. The van der Waals surface area contributed by atoms with Gasteiger partial charge in [0.05, 0.1) is 6.54 Å². The summed E-state index contributed by atoms with van der Waals surface area (Å²) in [5.74, 6) is 0.371. The molecular formula is C9H17F3N2. The lowest BCUT2D eigenvalue weighted by Gasteiger charge is -2.32. The van der Waals surface area contributed by atoms with Crippen LogP contribution in [0.15, 0.2) is 0 Å². The zero-order valence-corrected chi connectivity index (χ0v) is 8.40. The highest BCUT2D eigenvalue weighted by Crippen LogP contribution is 2.21. The van der Waals surface area contributed by atoms with Crippen molar-refractivity contribution in [3.05, 3.63) is 0 Å². The molecule has 1 unspecified atom stereocenters. The first kappa shape index (κ1) is 11.8. The second kappa shape index (κ2) is 4.98. The van der Waals surface area contributed by atoms with Gasteiger partial charge in [0.1, 0.15) is 0 Å². The van der Waals surface area contributed by atoms with Crippen molar-refractivity contribution in [1.29, 1.82) is 0 Å². The van der Waals surface area contributed by atoms with Crippen LogP contribution in [0.25, 0.3) is 0 Å². The van der Waals surface area contributed by atoms with E-state index in [0.29, 0.717) is 19.0 Å². The highest BCUT2D eigenvalue weighted by atomic mass is 19.4. The van der Waals surface area contributed by atoms with Crippen molar-refractivity contribution >= 4 is 0 Å². The van der Waals surface area contributed by atoms with Crippen molar-refractivity contribution in [1.82, 2.24) is 10.2 Å². The Morgan fingerprint density at radius 3 is 2.71 bits per heavy atom. The third-order valence-corrected chi connectivity index (χ3v) is 2.50. The molecule has 1 heterocycles. The molecule has 1 rings (SSSR count). The van der Waals surface area contributed by atoms with E-state index in [-0.39, 0.29) is 0 Å². The van der Waals surface area contributed by atoms with Crippen LogP contribution in [0.4, 0.5) is 13.2 Å². The number of piperidine rings is 1. The zero-order valence-electron chi connectivity index (χ0n) is 8.40. The average Bonchev–Trinajstić information content (AvgIpc) is 2.02. The Bertz CT molecular complexity index is 168. The minimum absolute atomic E-state index is 0.371. The summed E-state index contributed by atoms with van der Waals surface area (Å²) in [5.41, 5.74) is 0. The first-order valence-corrected chi connectivity index (χ1v) is 4.95. The largest absolute Gasteiger partial charge is 0.401 e. The minimum atomic E-state index is -4.05. The molecule has 2 nitrogen and oxygen atoms in total. The van der Waals surface area contributed by atoms with E-state index in [9.17, 15) is 13.2 Å². The topological polar surface area (TPSA) is 15.3 Å². The fourth-order valence-electron chi connectivity index (χ4n) is 2.00. The second-order valence-corrected chi connectivity index (χ2v) is 3.92. The summed E-state index contributed by atoms with van der Waals surface area (Å²) in [6.07, 6.45) is -2.14. The molecule has 0 amide bonds. The highest BCUT2D eigenvalue weighted by molar-refractivity contribution is 4.75. The SMILES string of the molecule is CNCC1CCCN(CC(F)(F)F)C1. The van der Waals surface area contributed by atoms with Crippen molar-refractivity contribution in [3.63, 3.8) is 0 Å². The summed E-state index contributed by atoms with van der Waals surface area (Å²) in [6, 6.07) is 0. The third kappa shape index (κ3) is 4.28. The Morgan fingerprint density at radius 2 is 2.14 bits per heavy atom. The Labute approximate surface area is 82.5 Å². The van der Waals surface area contributed by atoms with Crippen molar-refractivity contribution in [2.45, 2.75) is 19.0 Å². The van der Waals surface area contributed by atoms with Gasteiger partial charge in [-0.15, -0.1) is 0 Å². The molecule has 5 heteroatoms. The normalized spacial score (nSPS) is 25.3. The third-order valence-electron chi connectivity index (χ3n) is 2.50. The van der Waals surface area contributed by atoms with Crippen LogP contribution in [0.3, 0.4) is 0 Å². The van der Waals surface area contributed by atoms with Gasteiger partial charge in [-0.3, -0.25) is 4.90 Å². The zero-order chi connectivity index (χ0) is 10.6. The summed E-state index contributed by atoms with van der Waals surface area (Å²) < 4.78 is 36.3. The van der Waals surface area contributed by atoms with Gasteiger partial charge < -0.3 is 5.32 Å². The molecule has 0 aromatic heterocycles. The molecule has 1 aliphatic rings. The first-order valence-electron chi connectivity index (χ1n) is 4.95. The van der Waals surface area contributed by atoms with Crippen LogP contribution in [0.1, 0.15) is 12.8 Å². The minimum Gasteiger partial charge on any atom is -0.319 e. The fourth-order valence-corrected chi connectivity index (χ4v) is 2.00. The maximum atomic E-state index is 12.1. The van der Waals surface area contributed by atoms with Crippen molar-refractivity contribution in [2.75, 3.05) is 33.2 Å². The molecule has 1 saturated heterocycles. The van der Waals surface area contributed by atoms with Crippen molar-refractivity contribution in [3.8, 4) is 0 Å². The molecule has 0 spiro atoms. The molecule has 1 atom stereocenters. The molecule has 1 aliphatic heterocycles. The predicted octanol–water partition coefficient (Wildman–Crippen LogP) is 1.48. The number of nitrogens with zero attached hydrogens (tertiary/aromatic N) is 1. The molecule has 14 heavy (non-hydrogen) atoms. The maximum Gasteiger partial charge on any atom is 0.401 e. The van der Waals surface area contributed by atoms with Gasteiger partial charge in [-0.25, -0.2) is 0 Å². The van der Waals surface area contributed by atoms with Crippen LogP contribution in [0.5, 0.6) is 0 Å². The van der Waals surface area contributed by atoms with Gasteiger partial charge in [0.25, 0.3) is 0 Å². The first-order chi connectivity index (χ1) is 6.51. The van der Waals surface area contributed by atoms with Crippen LogP contribution in [-0.2, 0) is 0 Å². The van der Waals surface area contributed by atoms with Crippen LogP contribution < -0.4 is 5.32 Å². The van der Waals surface area contributed by atoms with E-state index >= 15 is 0 Å². The molecule has 0 radical (unpaired) electrons. The fraction of sp³-hybridized carbons (Fsp3) is 1.00. The quantitative estimate of drug-likeness (QED) is 0.759.